The average molecular weight is 467 g/mol. The molecule has 0 spiro atoms. The van der Waals surface area contributed by atoms with Crippen LogP contribution in [0, 0.1) is 21.7 Å². The maximum Gasteiger partial charge on any atom is 0.306 e. The van der Waals surface area contributed by atoms with Crippen molar-refractivity contribution >= 4 is 29.0 Å². The molecule has 33 heavy (non-hydrogen) atoms. The van der Waals surface area contributed by atoms with E-state index in [0.29, 0.717) is 10.8 Å². The van der Waals surface area contributed by atoms with Crippen molar-refractivity contribution in [3.63, 3.8) is 0 Å². The number of para-hydroxylation sites is 1. The molecule has 1 aromatic heterocycles. The minimum absolute atomic E-state index is 0.0882. The predicted molar refractivity (Wildman–Crippen MR) is 119 cm³/mol. The Morgan fingerprint density at radius 3 is 2.45 bits per heavy atom. The van der Waals surface area contributed by atoms with Gasteiger partial charge in [0.15, 0.2) is 11.0 Å². The number of hydrogen-bond donors (Lipinski definition) is 1. The third-order valence-electron chi connectivity index (χ3n) is 4.52. The van der Waals surface area contributed by atoms with Crippen molar-refractivity contribution in [2.45, 2.75) is 5.16 Å². The van der Waals surface area contributed by atoms with Crippen LogP contribution in [0.1, 0.15) is 0 Å². The molecule has 0 bridgehead atoms. The summed E-state index contributed by atoms with van der Waals surface area (Å²) in [6.07, 6.45) is 0. The number of nitro benzene ring substituents is 1. The van der Waals surface area contributed by atoms with Gasteiger partial charge in [0.1, 0.15) is 5.82 Å². The number of carbonyl (C=O) groups is 1. The summed E-state index contributed by atoms with van der Waals surface area (Å²) >= 11 is 1.05. The van der Waals surface area contributed by atoms with Gasteiger partial charge in [0.05, 0.1) is 16.2 Å². The molecule has 1 heterocycles. The Morgan fingerprint density at radius 2 is 1.73 bits per heavy atom. The Morgan fingerprint density at radius 1 is 1.00 bits per heavy atom. The van der Waals surface area contributed by atoms with Gasteiger partial charge in [-0.15, -0.1) is 10.2 Å². The lowest BCUT2D eigenvalue weighted by atomic mass is 10.2. The maximum absolute atomic E-state index is 14.4. The second-order valence-electron chi connectivity index (χ2n) is 6.72. The third kappa shape index (κ3) is 4.88. The van der Waals surface area contributed by atoms with E-state index >= 15 is 0 Å². The summed E-state index contributed by atoms with van der Waals surface area (Å²) in [6, 6.07) is 18.3. The minimum Gasteiger partial charge on any atom is -0.325 e. The highest BCUT2D eigenvalue weighted by atomic mass is 32.2. The minimum atomic E-state index is -0.996. The zero-order valence-corrected chi connectivity index (χ0v) is 17.6. The third-order valence-corrected chi connectivity index (χ3v) is 5.45. The lowest BCUT2D eigenvalue weighted by Gasteiger charge is -2.11. The molecular formula is C22H15F2N5O3S. The Hall–Kier alpha value is -4.12. The molecule has 11 heteroatoms. The number of rotatable bonds is 7. The van der Waals surface area contributed by atoms with Gasteiger partial charge in [-0.1, -0.05) is 42.1 Å². The lowest BCUT2D eigenvalue weighted by molar-refractivity contribution is -0.387. The maximum atomic E-state index is 14.4. The van der Waals surface area contributed by atoms with Crippen LogP contribution < -0.4 is 5.32 Å². The van der Waals surface area contributed by atoms with Gasteiger partial charge < -0.3 is 5.32 Å². The van der Waals surface area contributed by atoms with Crippen LogP contribution in [0.3, 0.4) is 0 Å². The largest absolute Gasteiger partial charge is 0.325 e. The van der Waals surface area contributed by atoms with Crippen LogP contribution in [0.4, 0.5) is 20.2 Å². The zero-order chi connectivity index (χ0) is 23.4. The summed E-state index contributed by atoms with van der Waals surface area (Å²) in [6.45, 7) is 0. The number of nitro groups is 1. The predicted octanol–water partition coefficient (Wildman–Crippen LogP) is 4.85. The highest BCUT2D eigenvalue weighted by molar-refractivity contribution is 7.99. The van der Waals surface area contributed by atoms with Gasteiger partial charge in [-0.2, -0.15) is 4.39 Å². The van der Waals surface area contributed by atoms with E-state index in [0.717, 1.165) is 23.9 Å². The molecule has 0 fully saturated rings. The van der Waals surface area contributed by atoms with Crippen molar-refractivity contribution in [3.8, 4) is 17.1 Å². The summed E-state index contributed by atoms with van der Waals surface area (Å²) in [7, 11) is 0. The number of nitrogens with zero attached hydrogens (tertiary/aromatic N) is 4. The van der Waals surface area contributed by atoms with E-state index in [4.69, 9.17) is 0 Å². The molecule has 0 aliphatic carbocycles. The molecule has 8 nitrogen and oxygen atoms in total. The SMILES string of the molecule is O=C(CSc1nnc(-c2ccccc2F)n1-c1ccccc1)Nc1ccc(F)c([N+](=O)[O-])c1. The van der Waals surface area contributed by atoms with Gasteiger partial charge in [-0.3, -0.25) is 19.5 Å². The van der Waals surface area contributed by atoms with Crippen molar-refractivity contribution in [1.29, 1.82) is 0 Å². The number of carbonyl (C=O) groups excluding carboxylic acids is 1. The molecule has 0 aliphatic heterocycles. The quantitative estimate of drug-likeness (QED) is 0.237. The molecule has 0 radical (unpaired) electrons. The van der Waals surface area contributed by atoms with Crippen molar-refractivity contribution in [2.24, 2.45) is 0 Å². The van der Waals surface area contributed by atoms with Crippen molar-refractivity contribution in [3.05, 3.63) is 94.5 Å². The normalized spacial score (nSPS) is 10.7. The van der Waals surface area contributed by atoms with Crippen molar-refractivity contribution in [1.82, 2.24) is 14.8 Å². The second-order valence-corrected chi connectivity index (χ2v) is 7.66. The zero-order valence-electron chi connectivity index (χ0n) is 16.8. The highest BCUT2D eigenvalue weighted by Gasteiger charge is 2.20. The lowest BCUT2D eigenvalue weighted by Crippen LogP contribution is -2.15. The van der Waals surface area contributed by atoms with Crippen LogP contribution in [0.5, 0.6) is 0 Å². The van der Waals surface area contributed by atoms with Gasteiger partial charge in [0, 0.05) is 17.4 Å². The van der Waals surface area contributed by atoms with Gasteiger partial charge in [0.2, 0.25) is 11.7 Å². The molecular weight excluding hydrogens is 452 g/mol. The second kappa shape index (κ2) is 9.57. The highest BCUT2D eigenvalue weighted by Crippen LogP contribution is 2.29. The number of hydrogen-bond acceptors (Lipinski definition) is 6. The van der Waals surface area contributed by atoms with Crippen molar-refractivity contribution in [2.75, 3.05) is 11.1 Å². The number of halogens is 2. The fourth-order valence-electron chi connectivity index (χ4n) is 3.05. The van der Waals surface area contributed by atoms with E-state index in [1.54, 1.807) is 34.9 Å². The molecule has 1 amide bonds. The molecule has 0 unspecified atom stereocenters. The first-order valence-corrected chi connectivity index (χ1v) is 10.5. The standard InChI is InChI=1S/C22H15F2N5O3S/c23-17-9-5-4-8-16(17)21-26-27-22(28(21)15-6-2-1-3-7-15)33-13-20(30)25-14-10-11-18(24)19(12-14)29(31)32/h1-12H,13H2,(H,25,30). The molecule has 0 saturated heterocycles. The van der Waals surface area contributed by atoms with Crippen LogP contribution in [0.2, 0.25) is 0 Å². The molecule has 0 atom stereocenters. The van der Waals surface area contributed by atoms with Gasteiger partial charge in [-0.05, 0) is 36.4 Å². The monoisotopic (exact) mass is 467 g/mol. The Bertz CT molecular complexity index is 1330. The summed E-state index contributed by atoms with van der Waals surface area (Å²) in [4.78, 5) is 22.4. The fourth-order valence-corrected chi connectivity index (χ4v) is 3.80. The van der Waals surface area contributed by atoms with Crippen LogP contribution in [0.25, 0.3) is 17.1 Å². The van der Waals surface area contributed by atoms with Gasteiger partial charge >= 0.3 is 5.69 Å². The number of aromatic nitrogens is 3. The summed E-state index contributed by atoms with van der Waals surface area (Å²) in [5.41, 5.74) is 0.283. The molecule has 1 N–H and O–H groups in total. The first kappa shape index (κ1) is 22.1. The number of amides is 1. The van der Waals surface area contributed by atoms with Crippen LogP contribution >= 0.6 is 11.8 Å². The van der Waals surface area contributed by atoms with Gasteiger partial charge in [-0.25, -0.2) is 4.39 Å². The fraction of sp³-hybridized carbons (Fsp3) is 0.0455. The topological polar surface area (TPSA) is 103 Å². The summed E-state index contributed by atoms with van der Waals surface area (Å²) in [5, 5.41) is 22.0. The van der Waals surface area contributed by atoms with Gasteiger partial charge in [0.25, 0.3) is 0 Å². The Balaban J connectivity index is 1.58. The number of thioether (sulfide) groups is 1. The first-order valence-electron chi connectivity index (χ1n) is 9.56. The van der Waals surface area contributed by atoms with E-state index in [1.165, 1.54) is 12.1 Å². The van der Waals surface area contributed by atoms with E-state index in [1.807, 2.05) is 18.2 Å². The number of nitrogens with one attached hydrogen (secondary N) is 1. The van der Waals surface area contributed by atoms with Crippen LogP contribution in [-0.4, -0.2) is 31.3 Å². The average Bonchev–Trinajstić information content (AvgIpc) is 3.23. The molecule has 0 aliphatic rings. The Labute approximate surface area is 190 Å². The smallest absolute Gasteiger partial charge is 0.306 e. The summed E-state index contributed by atoms with van der Waals surface area (Å²) in [5.74, 6) is -1.79. The van der Waals surface area contributed by atoms with Crippen LogP contribution in [0.15, 0.2) is 78.0 Å². The van der Waals surface area contributed by atoms with Crippen LogP contribution in [-0.2, 0) is 4.79 Å². The molecule has 166 valence electrons. The number of benzene rings is 3. The first-order chi connectivity index (χ1) is 15.9. The van der Waals surface area contributed by atoms with Crippen molar-refractivity contribution < 1.29 is 18.5 Å². The molecule has 4 aromatic rings. The van der Waals surface area contributed by atoms with E-state index in [2.05, 4.69) is 15.5 Å². The Kier molecular flexibility index (Phi) is 6.41. The van der Waals surface area contributed by atoms with E-state index in [-0.39, 0.29) is 22.8 Å². The van der Waals surface area contributed by atoms with E-state index in [9.17, 15) is 23.7 Å². The summed E-state index contributed by atoms with van der Waals surface area (Å²) < 4.78 is 29.6. The molecule has 0 saturated carbocycles. The van der Waals surface area contributed by atoms with E-state index < -0.39 is 28.2 Å². The molecule has 4 rings (SSSR count). The molecule has 3 aromatic carbocycles. The number of anilines is 1.